The Morgan fingerprint density at radius 2 is 0.724 bits per heavy atom. The van der Waals surface area contributed by atoms with E-state index < -0.39 is 0 Å². The Balaban J connectivity index is 0.000000723. The zero-order valence-electron chi connectivity index (χ0n) is 40.2. The summed E-state index contributed by atoms with van der Waals surface area (Å²) in [5.41, 5.74) is 4.68. The van der Waals surface area contributed by atoms with Gasteiger partial charge in [-0.15, -0.1) is 0 Å². The molecule has 0 unspecified atom stereocenters. The van der Waals surface area contributed by atoms with Crippen molar-refractivity contribution >= 4 is 67.3 Å². The molecular formula is C61H45AlN8O6. The van der Waals surface area contributed by atoms with Crippen LogP contribution in [0.1, 0.15) is 13.8 Å². The fourth-order valence-electron chi connectivity index (χ4n) is 8.95. The number of para-hydroxylation sites is 4. The molecule has 0 fully saturated rings. The molecule has 0 saturated heterocycles. The molecule has 0 atom stereocenters. The van der Waals surface area contributed by atoms with Gasteiger partial charge in [-0.1, -0.05) is 121 Å². The molecule has 5 heterocycles. The largest absolute Gasteiger partial charge is 0.512 e. The number of ketones is 1. The molecule has 0 spiro atoms. The molecule has 0 radical (unpaired) electrons. The summed E-state index contributed by atoms with van der Waals surface area (Å²) < 4.78 is 26.4. The first-order valence-electron chi connectivity index (χ1n) is 23.9. The molecule has 2 aliphatic rings. The van der Waals surface area contributed by atoms with E-state index in [0.29, 0.717) is 125 Å². The number of carbonyl (C=O) groups excluding carboxylic acids is 1. The number of hydrogen-bond donors (Lipinski definition) is 3. The summed E-state index contributed by atoms with van der Waals surface area (Å²) in [5.74, 6) is 6.40. The van der Waals surface area contributed by atoms with Crippen LogP contribution in [-0.2, 0) is 4.79 Å². The number of carbonyl (C=O) groups is 1. The molecule has 8 bridgehead atoms. The summed E-state index contributed by atoms with van der Waals surface area (Å²) in [6.07, 6.45) is 1.17. The number of nitrogens with zero attached hydrogens (tertiary/aromatic N) is 6. The first-order valence-corrected chi connectivity index (χ1v) is 23.9. The van der Waals surface area contributed by atoms with Gasteiger partial charge in [-0.25, -0.2) is 29.9 Å². The van der Waals surface area contributed by atoms with Gasteiger partial charge in [0.15, 0.2) is 46.4 Å². The summed E-state index contributed by atoms with van der Waals surface area (Å²) in [5, 5.41) is 11.2. The van der Waals surface area contributed by atoms with Crippen molar-refractivity contribution in [2.24, 2.45) is 0 Å². The van der Waals surface area contributed by atoms with Crippen molar-refractivity contribution in [3.05, 3.63) is 206 Å². The molecule has 11 aromatic rings. The molecule has 3 N–H and O–H groups in total. The lowest BCUT2D eigenvalue weighted by molar-refractivity contribution is -0.112. The predicted octanol–water partition coefficient (Wildman–Crippen LogP) is 13.9. The van der Waals surface area contributed by atoms with E-state index in [9.17, 15) is 4.79 Å². The average Bonchev–Trinajstić information content (AvgIpc) is 4.17. The van der Waals surface area contributed by atoms with Gasteiger partial charge in [0.05, 0.1) is 27.7 Å². The standard InChI is InChI=1S/C56H34N8O4.C5H8O2.Al.3H/c1-5-17-33(18-6-1)65-41-29-13-25-37-45(41)53-57-49(37)62-54-47-39(27-15-31-43(47)67-35-21-9-3-10-22-35)51(59-54)64-56-48-40(28-16-32-44(48)68-36-23-11-4-12-24-36)52(60-56)63-55-46-38(50(58-55)61-53)26-14-30-42(46)66-34-19-7-2-8-20-34;1-4(6)3-5(2)7;;;;/h1-32H,(H2,57,58,59,60,61,62,63,64);3,6H,1-2H3;;;;/b;4-3-;;;;. The Morgan fingerprint density at radius 1 is 0.395 bits per heavy atom. The van der Waals surface area contributed by atoms with Crippen LogP contribution in [0.25, 0.3) is 89.7 Å². The zero-order chi connectivity index (χ0) is 50.8. The van der Waals surface area contributed by atoms with E-state index >= 15 is 0 Å². The topological polar surface area (TPSA) is 183 Å². The lowest BCUT2D eigenvalue weighted by Crippen LogP contribution is -1.90. The quantitative estimate of drug-likeness (QED) is 0.0708. The minimum Gasteiger partial charge on any atom is -0.512 e. The average molecular weight is 1010 g/mol. The number of aromatic nitrogens is 8. The van der Waals surface area contributed by atoms with Crippen LogP contribution in [0, 0.1) is 0 Å². The number of rotatable bonds is 9. The number of ether oxygens (including phenoxy) is 4. The van der Waals surface area contributed by atoms with Crippen LogP contribution in [-0.4, -0.2) is 68.1 Å². The Hall–Kier alpha value is -9.94. The molecule has 13 rings (SSSR count). The van der Waals surface area contributed by atoms with E-state index in [1.807, 2.05) is 194 Å². The Morgan fingerprint density at radius 3 is 1.07 bits per heavy atom. The van der Waals surface area contributed by atoms with Crippen LogP contribution in [0.5, 0.6) is 46.0 Å². The van der Waals surface area contributed by atoms with Crippen LogP contribution in [0.3, 0.4) is 0 Å². The normalized spacial score (nSPS) is 11.4. The third-order valence-corrected chi connectivity index (χ3v) is 12.1. The second-order valence-electron chi connectivity index (χ2n) is 17.4. The number of nitrogens with one attached hydrogen (secondary N) is 2. The van der Waals surface area contributed by atoms with Gasteiger partial charge < -0.3 is 34.0 Å². The molecule has 8 aromatic carbocycles. The number of aliphatic hydroxyl groups excluding tert-OH is 1. The van der Waals surface area contributed by atoms with Gasteiger partial charge in [-0.2, -0.15) is 0 Å². The maximum Gasteiger partial charge on any atom is 0.187 e. The molecule has 3 aromatic heterocycles. The lowest BCUT2D eigenvalue weighted by atomic mass is 10.1. The maximum absolute atomic E-state index is 10.0. The van der Waals surface area contributed by atoms with Gasteiger partial charge in [-0.05, 0) is 86.6 Å². The highest BCUT2D eigenvalue weighted by molar-refractivity contribution is 6.10. The summed E-state index contributed by atoms with van der Waals surface area (Å²) >= 11 is 0. The van der Waals surface area contributed by atoms with Gasteiger partial charge in [-0.3, -0.25) is 4.79 Å². The van der Waals surface area contributed by atoms with Gasteiger partial charge in [0.1, 0.15) is 68.6 Å². The summed E-state index contributed by atoms with van der Waals surface area (Å²) in [7, 11) is 0. The highest BCUT2D eigenvalue weighted by Crippen LogP contribution is 2.46. The molecule has 76 heavy (non-hydrogen) atoms. The van der Waals surface area contributed by atoms with Crippen molar-refractivity contribution in [1.82, 2.24) is 39.9 Å². The van der Waals surface area contributed by atoms with E-state index in [1.54, 1.807) is 0 Å². The molecule has 0 saturated carbocycles. The summed E-state index contributed by atoms with van der Waals surface area (Å²) in [6.45, 7) is 2.85. The van der Waals surface area contributed by atoms with E-state index in [2.05, 4.69) is 9.97 Å². The molecular weight excluding hydrogens is 968 g/mol. The van der Waals surface area contributed by atoms with E-state index in [-0.39, 0.29) is 28.9 Å². The van der Waals surface area contributed by atoms with Gasteiger partial charge in [0, 0.05) is 28.0 Å². The molecule has 15 heteroatoms. The Kier molecular flexibility index (Phi) is 13.3. The monoisotopic (exact) mass is 1010 g/mol. The second kappa shape index (κ2) is 20.9. The Labute approximate surface area is 445 Å². The molecule has 14 nitrogen and oxygen atoms in total. The van der Waals surface area contributed by atoms with Crippen molar-refractivity contribution in [3.8, 4) is 91.5 Å². The van der Waals surface area contributed by atoms with Gasteiger partial charge in [0.25, 0.3) is 0 Å². The van der Waals surface area contributed by atoms with Crippen LogP contribution >= 0.6 is 0 Å². The highest BCUT2D eigenvalue weighted by Gasteiger charge is 2.28. The van der Waals surface area contributed by atoms with Crippen LogP contribution < -0.4 is 18.9 Å². The predicted molar refractivity (Wildman–Crippen MR) is 299 cm³/mol. The summed E-state index contributed by atoms with van der Waals surface area (Å²) in [4.78, 5) is 48.8. The lowest BCUT2D eigenvalue weighted by Gasteiger charge is -2.10. The number of H-pyrrole nitrogens is 2. The molecule has 0 amide bonds. The third-order valence-electron chi connectivity index (χ3n) is 12.1. The first-order chi connectivity index (χ1) is 36.8. The minimum atomic E-state index is -0.125. The minimum absolute atomic E-state index is 0. The molecule has 368 valence electrons. The first kappa shape index (κ1) is 48.3. The number of aliphatic hydroxyl groups is 1. The van der Waals surface area contributed by atoms with E-state index in [0.717, 1.165) is 10.8 Å². The number of fused-ring (bicyclic) bond motifs is 20. The Bertz CT molecular complexity index is 3930. The van der Waals surface area contributed by atoms with E-state index in [1.165, 1.54) is 19.9 Å². The second-order valence-corrected chi connectivity index (χ2v) is 17.4. The zero-order valence-corrected chi connectivity index (χ0v) is 40.2. The fourth-order valence-corrected chi connectivity index (χ4v) is 8.95. The van der Waals surface area contributed by atoms with Gasteiger partial charge >= 0.3 is 0 Å². The molecule has 0 aliphatic carbocycles. The highest BCUT2D eigenvalue weighted by atomic mass is 27.0. The smallest absolute Gasteiger partial charge is 0.187 e. The number of aromatic amines is 2. The summed E-state index contributed by atoms with van der Waals surface area (Å²) in [6, 6.07) is 61.8. The van der Waals surface area contributed by atoms with Crippen molar-refractivity contribution in [1.29, 1.82) is 0 Å². The third kappa shape index (κ3) is 9.70. The van der Waals surface area contributed by atoms with E-state index in [4.69, 9.17) is 54.0 Å². The van der Waals surface area contributed by atoms with Gasteiger partial charge in [0.2, 0.25) is 0 Å². The SMILES string of the molecule is CC(=O)/C=C(/C)O.[AlH3].c1ccc(Oc2cccc3c2-c2nc-3nc3[nH]c(nc4nc(nc5[nH]c(n2)c2cccc(Oc6ccccc6)c52)-c2cccc(Oc5ccccc5)c2-4)c2cccc(Oc4ccccc4)c32)cc1. The van der Waals surface area contributed by atoms with Crippen molar-refractivity contribution < 1.29 is 28.8 Å². The molecule has 2 aliphatic heterocycles. The number of benzene rings is 8. The van der Waals surface area contributed by atoms with Crippen molar-refractivity contribution in [2.45, 2.75) is 13.8 Å². The van der Waals surface area contributed by atoms with Crippen molar-refractivity contribution in [2.75, 3.05) is 0 Å². The maximum atomic E-state index is 10.0. The number of allylic oxidation sites excluding steroid dienone is 2. The van der Waals surface area contributed by atoms with Crippen LogP contribution in [0.15, 0.2) is 206 Å². The fraction of sp³-hybridized carbons (Fsp3) is 0.0328. The van der Waals surface area contributed by atoms with Crippen LogP contribution in [0.2, 0.25) is 0 Å². The van der Waals surface area contributed by atoms with Crippen LogP contribution in [0.4, 0.5) is 0 Å². The van der Waals surface area contributed by atoms with Crippen molar-refractivity contribution in [3.63, 3.8) is 0 Å². The number of hydrogen-bond acceptors (Lipinski definition) is 12.